The van der Waals surface area contributed by atoms with Crippen LogP contribution in [0.25, 0.3) is 23.1 Å². The lowest BCUT2D eigenvalue weighted by Gasteiger charge is -2.36. The van der Waals surface area contributed by atoms with Gasteiger partial charge in [-0.1, -0.05) is 22.0 Å². The zero-order valence-electron chi connectivity index (χ0n) is 17.6. The first-order chi connectivity index (χ1) is 14.9. The molecular weight excluding hydrogens is 456 g/mol. The van der Waals surface area contributed by atoms with E-state index in [1.165, 1.54) is 0 Å². The lowest BCUT2D eigenvalue weighted by molar-refractivity contribution is -0.0912. The standard InChI is InChI=1S/C24H25BrN4O2/c1-24(2)15-27-13-19(31-24)14-28-23(30)21-12-18(5-3-16-7-9-26-10-8-16)29-22-6-4-17(25)11-20(21)22/h3-12,19,27H,13-15H2,1-2H3,(H,28,30)/b5-3+. The summed E-state index contributed by atoms with van der Waals surface area (Å²) in [6, 6.07) is 11.4. The third kappa shape index (κ3) is 5.55. The fourth-order valence-corrected chi connectivity index (χ4v) is 3.99. The smallest absolute Gasteiger partial charge is 0.252 e. The van der Waals surface area contributed by atoms with Gasteiger partial charge < -0.3 is 15.4 Å². The van der Waals surface area contributed by atoms with Crippen LogP contribution in [0.4, 0.5) is 0 Å². The van der Waals surface area contributed by atoms with Gasteiger partial charge in [-0.25, -0.2) is 4.98 Å². The van der Waals surface area contributed by atoms with Gasteiger partial charge in [0.15, 0.2) is 0 Å². The Morgan fingerprint density at radius 3 is 2.84 bits per heavy atom. The van der Waals surface area contributed by atoms with Crippen LogP contribution >= 0.6 is 15.9 Å². The molecular formula is C24H25BrN4O2. The second-order valence-electron chi connectivity index (χ2n) is 8.21. The lowest BCUT2D eigenvalue weighted by atomic mass is 10.1. The van der Waals surface area contributed by atoms with Crippen molar-refractivity contribution in [2.24, 2.45) is 0 Å². The normalized spacial score (nSPS) is 18.4. The van der Waals surface area contributed by atoms with Gasteiger partial charge in [-0.3, -0.25) is 9.78 Å². The van der Waals surface area contributed by atoms with Gasteiger partial charge in [-0.15, -0.1) is 0 Å². The first-order valence-electron chi connectivity index (χ1n) is 10.2. The number of benzene rings is 1. The Hall–Kier alpha value is -2.61. The van der Waals surface area contributed by atoms with E-state index in [2.05, 4.69) is 31.5 Å². The molecule has 0 bridgehead atoms. The molecule has 1 aliphatic heterocycles. The van der Waals surface area contributed by atoms with E-state index in [9.17, 15) is 4.79 Å². The molecule has 1 unspecified atom stereocenters. The number of ether oxygens (including phenoxy) is 1. The predicted octanol–water partition coefficient (Wildman–Crippen LogP) is 4.06. The molecule has 1 amide bonds. The van der Waals surface area contributed by atoms with E-state index in [-0.39, 0.29) is 17.6 Å². The van der Waals surface area contributed by atoms with Gasteiger partial charge in [0, 0.05) is 41.9 Å². The molecule has 3 heterocycles. The Kier molecular flexibility index (Phi) is 6.46. The van der Waals surface area contributed by atoms with Gasteiger partial charge in [-0.2, -0.15) is 0 Å². The van der Waals surface area contributed by atoms with Crippen molar-refractivity contribution in [1.29, 1.82) is 0 Å². The van der Waals surface area contributed by atoms with E-state index < -0.39 is 0 Å². The van der Waals surface area contributed by atoms with Crippen molar-refractivity contribution in [2.75, 3.05) is 19.6 Å². The summed E-state index contributed by atoms with van der Waals surface area (Å²) in [4.78, 5) is 21.9. The quantitative estimate of drug-likeness (QED) is 0.575. The van der Waals surface area contributed by atoms with Crippen molar-refractivity contribution >= 4 is 44.9 Å². The zero-order chi connectivity index (χ0) is 21.8. The molecule has 160 valence electrons. The summed E-state index contributed by atoms with van der Waals surface area (Å²) in [5, 5.41) is 7.20. The molecule has 6 nitrogen and oxygen atoms in total. The number of pyridine rings is 2. The lowest BCUT2D eigenvalue weighted by Crippen LogP contribution is -2.53. The van der Waals surface area contributed by atoms with Gasteiger partial charge in [-0.05, 0) is 61.9 Å². The first kappa shape index (κ1) is 21.6. The molecule has 3 aromatic rings. The number of morpholine rings is 1. The topological polar surface area (TPSA) is 76.1 Å². The fourth-order valence-electron chi connectivity index (χ4n) is 3.63. The Morgan fingerprint density at radius 2 is 2.06 bits per heavy atom. The van der Waals surface area contributed by atoms with Crippen LogP contribution in [0.15, 0.2) is 53.3 Å². The number of nitrogens with zero attached hydrogens (tertiary/aromatic N) is 2. The molecule has 1 fully saturated rings. The molecule has 7 heteroatoms. The molecule has 1 aromatic carbocycles. The summed E-state index contributed by atoms with van der Waals surface area (Å²) in [6.07, 6.45) is 7.28. The molecule has 2 N–H and O–H groups in total. The van der Waals surface area contributed by atoms with Gasteiger partial charge in [0.1, 0.15) is 0 Å². The largest absolute Gasteiger partial charge is 0.368 e. The Bertz CT molecular complexity index is 1120. The van der Waals surface area contributed by atoms with Gasteiger partial charge >= 0.3 is 0 Å². The molecule has 1 aliphatic rings. The molecule has 2 aromatic heterocycles. The minimum absolute atomic E-state index is 0.0707. The maximum atomic E-state index is 13.1. The number of amides is 1. The number of carbonyl (C=O) groups excluding carboxylic acids is 1. The average Bonchev–Trinajstić information content (AvgIpc) is 2.75. The summed E-state index contributed by atoms with van der Waals surface area (Å²) >= 11 is 3.50. The van der Waals surface area contributed by atoms with Gasteiger partial charge in [0.05, 0.1) is 28.5 Å². The Morgan fingerprint density at radius 1 is 1.26 bits per heavy atom. The van der Waals surface area contributed by atoms with Crippen LogP contribution in [-0.2, 0) is 4.74 Å². The minimum Gasteiger partial charge on any atom is -0.368 e. The molecule has 1 atom stereocenters. The third-order valence-electron chi connectivity index (χ3n) is 5.09. The highest BCUT2D eigenvalue weighted by Crippen LogP contribution is 2.24. The van der Waals surface area contributed by atoms with Crippen molar-refractivity contribution in [1.82, 2.24) is 20.6 Å². The van der Waals surface area contributed by atoms with Crippen molar-refractivity contribution in [3.63, 3.8) is 0 Å². The van der Waals surface area contributed by atoms with Crippen LogP contribution in [0, 0.1) is 0 Å². The highest BCUT2D eigenvalue weighted by molar-refractivity contribution is 9.10. The maximum absolute atomic E-state index is 13.1. The van der Waals surface area contributed by atoms with Crippen LogP contribution in [0.5, 0.6) is 0 Å². The SMILES string of the molecule is CC1(C)CNCC(CNC(=O)c2cc(/C=C/c3ccncc3)nc3ccc(Br)cc23)O1. The number of nitrogens with one attached hydrogen (secondary N) is 2. The number of hydrogen-bond acceptors (Lipinski definition) is 5. The number of hydrogen-bond donors (Lipinski definition) is 2. The third-order valence-corrected chi connectivity index (χ3v) is 5.58. The maximum Gasteiger partial charge on any atom is 0.252 e. The van der Waals surface area contributed by atoms with E-state index >= 15 is 0 Å². The summed E-state index contributed by atoms with van der Waals surface area (Å²) in [6.45, 7) is 6.04. The van der Waals surface area contributed by atoms with E-state index in [4.69, 9.17) is 9.72 Å². The van der Waals surface area contributed by atoms with Gasteiger partial charge in [0.2, 0.25) is 0 Å². The average molecular weight is 481 g/mol. The first-order valence-corrected chi connectivity index (χ1v) is 11.0. The summed E-state index contributed by atoms with van der Waals surface area (Å²) in [5.41, 5.74) is 2.84. The molecule has 4 rings (SSSR count). The fraction of sp³-hybridized carbons (Fsp3) is 0.292. The second-order valence-corrected chi connectivity index (χ2v) is 9.13. The van der Waals surface area contributed by atoms with Crippen molar-refractivity contribution in [3.8, 4) is 0 Å². The minimum atomic E-state index is -0.243. The summed E-state index contributed by atoms with van der Waals surface area (Å²) < 4.78 is 6.97. The van der Waals surface area contributed by atoms with Crippen molar-refractivity contribution in [2.45, 2.75) is 25.6 Å². The second kappa shape index (κ2) is 9.26. The number of fused-ring (bicyclic) bond motifs is 1. The molecule has 0 aliphatic carbocycles. The number of halogens is 1. The molecule has 0 radical (unpaired) electrons. The molecule has 0 saturated carbocycles. The van der Waals surface area contributed by atoms with Crippen LogP contribution in [0.1, 0.15) is 35.5 Å². The molecule has 1 saturated heterocycles. The van der Waals surface area contributed by atoms with Crippen molar-refractivity contribution < 1.29 is 9.53 Å². The number of aromatic nitrogens is 2. The summed E-state index contributed by atoms with van der Waals surface area (Å²) in [5.74, 6) is -0.143. The highest BCUT2D eigenvalue weighted by atomic mass is 79.9. The highest BCUT2D eigenvalue weighted by Gasteiger charge is 2.28. The van der Waals surface area contributed by atoms with Crippen LogP contribution in [-0.4, -0.2) is 47.2 Å². The van der Waals surface area contributed by atoms with E-state index in [1.54, 1.807) is 12.4 Å². The van der Waals surface area contributed by atoms with E-state index in [0.29, 0.717) is 24.3 Å². The molecule has 0 spiro atoms. The Labute approximate surface area is 190 Å². The summed E-state index contributed by atoms with van der Waals surface area (Å²) in [7, 11) is 0. The Balaban J connectivity index is 1.59. The monoisotopic (exact) mass is 480 g/mol. The zero-order valence-corrected chi connectivity index (χ0v) is 19.1. The van der Waals surface area contributed by atoms with Gasteiger partial charge in [0.25, 0.3) is 5.91 Å². The predicted molar refractivity (Wildman–Crippen MR) is 127 cm³/mol. The molecule has 31 heavy (non-hydrogen) atoms. The number of carbonyl (C=O) groups is 1. The van der Waals surface area contributed by atoms with Crippen LogP contribution in [0.2, 0.25) is 0 Å². The van der Waals surface area contributed by atoms with E-state index in [1.807, 2.05) is 62.4 Å². The van der Waals surface area contributed by atoms with E-state index in [0.717, 1.165) is 27.5 Å². The van der Waals surface area contributed by atoms with Crippen LogP contribution in [0.3, 0.4) is 0 Å². The van der Waals surface area contributed by atoms with Crippen LogP contribution < -0.4 is 10.6 Å². The number of rotatable bonds is 5. The van der Waals surface area contributed by atoms with Crippen molar-refractivity contribution in [3.05, 3.63) is 70.1 Å².